The molecule has 0 radical (unpaired) electrons. The van der Waals surface area contributed by atoms with E-state index in [1.165, 1.54) is 57.6 Å². The molecule has 0 aliphatic heterocycles. The van der Waals surface area contributed by atoms with Crippen molar-refractivity contribution in [3.05, 3.63) is 33.7 Å². The second kappa shape index (κ2) is 11.9. The summed E-state index contributed by atoms with van der Waals surface area (Å²) >= 11 is 0. The molecule has 4 nitrogen and oxygen atoms in total. The van der Waals surface area contributed by atoms with Crippen LogP contribution in [0.25, 0.3) is 0 Å². The lowest BCUT2D eigenvalue weighted by molar-refractivity contribution is 0.0497. The lowest BCUT2D eigenvalue weighted by Crippen LogP contribution is -2.13. The first-order chi connectivity index (χ1) is 11.1. The second-order valence-corrected chi connectivity index (χ2v) is 6.22. The smallest absolute Gasteiger partial charge is 0.339 e. The molecule has 0 atom stereocenters. The molecular weight excluding hydrogens is 290 g/mol. The predicted octanol–water partition coefficient (Wildman–Crippen LogP) is 4.76. The SMILES string of the molecule is CCCCCCCCCCCCOC(=O)c1c[nH]c(=O)c(C)c1. The summed E-state index contributed by atoms with van der Waals surface area (Å²) in [5.41, 5.74) is 0.767. The number of aromatic amines is 1. The number of pyridine rings is 1. The third kappa shape index (κ3) is 8.58. The van der Waals surface area contributed by atoms with Gasteiger partial charge in [-0.3, -0.25) is 4.79 Å². The number of rotatable bonds is 12. The molecule has 1 N–H and O–H groups in total. The standard InChI is InChI=1S/C19H31NO3/c1-3-4-5-6-7-8-9-10-11-12-13-23-19(22)17-14-16(2)18(21)20-15-17/h14-15H,3-13H2,1-2H3,(H,20,21). The van der Waals surface area contributed by atoms with Crippen molar-refractivity contribution >= 4 is 5.97 Å². The summed E-state index contributed by atoms with van der Waals surface area (Å²) in [4.78, 5) is 25.6. The first-order valence-corrected chi connectivity index (χ1v) is 9.01. The molecule has 1 aromatic heterocycles. The number of carbonyl (C=O) groups excluding carboxylic acids is 1. The van der Waals surface area contributed by atoms with E-state index in [2.05, 4.69) is 11.9 Å². The Morgan fingerprint density at radius 2 is 1.57 bits per heavy atom. The van der Waals surface area contributed by atoms with Crippen LogP contribution in [-0.4, -0.2) is 17.6 Å². The Bertz CT molecular complexity index is 508. The summed E-state index contributed by atoms with van der Waals surface area (Å²) < 4.78 is 5.23. The predicted molar refractivity (Wildman–Crippen MR) is 93.9 cm³/mol. The van der Waals surface area contributed by atoms with Gasteiger partial charge in [0.15, 0.2) is 0 Å². The summed E-state index contributed by atoms with van der Waals surface area (Å²) in [5.74, 6) is -0.361. The number of H-pyrrole nitrogens is 1. The van der Waals surface area contributed by atoms with Crippen LogP contribution in [0.3, 0.4) is 0 Å². The van der Waals surface area contributed by atoms with Gasteiger partial charge in [0.05, 0.1) is 12.2 Å². The van der Waals surface area contributed by atoms with Gasteiger partial charge in [-0.25, -0.2) is 4.79 Å². The highest BCUT2D eigenvalue weighted by Gasteiger charge is 2.08. The molecule has 130 valence electrons. The van der Waals surface area contributed by atoms with E-state index in [0.29, 0.717) is 17.7 Å². The minimum Gasteiger partial charge on any atom is -0.462 e. The third-order valence-corrected chi connectivity index (χ3v) is 4.06. The third-order valence-electron chi connectivity index (χ3n) is 4.06. The Balaban J connectivity index is 2.01. The number of esters is 1. The lowest BCUT2D eigenvalue weighted by atomic mass is 10.1. The molecule has 1 rings (SSSR count). The average molecular weight is 321 g/mol. The van der Waals surface area contributed by atoms with Crippen LogP contribution in [0.15, 0.2) is 17.1 Å². The van der Waals surface area contributed by atoms with Gasteiger partial charge in [-0.15, -0.1) is 0 Å². The maximum atomic E-state index is 11.8. The topological polar surface area (TPSA) is 59.2 Å². The Hall–Kier alpha value is -1.58. The first kappa shape index (κ1) is 19.5. The highest BCUT2D eigenvalue weighted by atomic mass is 16.5. The second-order valence-electron chi connectivity index (χ2n) is 6.22. The fourth-order valence-electron chi connectivity index (χ4n) is 2.55. The maximum Gasteiger partial charge on any atom is 0.339 e. The number of hydrogen-bond donors (Lipinski definition) is 1. The number of nitrogens with one attached hydrogen (secondary N) is 1. The van der Waals surface area contributed by atoms with Crippen molar-refractivity contribution in [1.82, 2.24) is 4.98 Å². The molecule has 0 bridgehead atoms. The van der Waals surface area contributed by atoms with Crippen LogP contribution in [0.1, 0.15) is 87.1 Å². The molecule has 23 heavy (non-hydrogen) atoms. The van der Waals surface area contributed by atoms with Crippen LogP contribution in [0.4, 0.5) is 0 Å². The van der Waals surface area contributed by atoms with Crippen molar-refractivity contribution in [2.45, 2.75) is 78.1 Å². The molecule has 0 saturated carbocycles. The monoisotopic (exact) mass is 321 g/mol. The fourth-order valence-corrected chi connectivity index (χ4v) is 2.55. The normalized spacial score (nSPS) is 10.7. The zero-order chi connectivity index (χ0) is 16.9. The van der Waals surface area contributed by atoms with E-state index in [1.807, 2.05) is 0 Å². The Kier molecular flexibility index (Phi) is 10.1. The van der Waals surface area contributed by atoms with E-state index >= 15 is 0 Å². The van der Waals surface area contributed by atoms with Crippen molar-refractivity contribution in [2.75, 3.05) is 6.61 Å². The zero-order valence-electron chi connectivity index (χ0n) is 14.7. The molecule has 0 spiro atoms. The summed E-state index contributed by atoms with van der Waals surface area (Å²) in [6.07, 6.45) is 14.0. The molecule has 1 aromatic rings. The summed E-state index contributed by atoms with van der Waals surface area (Å²) in [5, 5.41) is 0. The van der Waals surface area contributed by atoms with Crippen LogP contribution in [0.5, 0.6) is 0 Å². The molecule has 0 aromatic carbocycles. The molecule has 0 aliphatic carbocycles. The molecule has 0 fully saturated rings. The van der Waals surface area contributed by atoms with Crippen LogP contribution in [0, 0.1) is 6.92 Å². The summed E-state index contributed by atoms with van der Waals surface area (Å²) in [6.45, 7) is 4.37. The zero-order valence-corrected chi connectivity index (χ0v) is 14.7. The molecule has 0 unspecified atom stereocenters. The van der Waals surface area contributed by atoms with Gasteiger partial charge in [-0.2, -0.15) is 0 Å². The van der Waals surface area contributed by atoms with Gasteiger partial charge in [0.2, 0.25) is 0 Å². The van der Waals surface area contributed by atoms with Crippen molar-refractivity contribution in [3.63, 3.8) is 0 Å². The highest BCUT2D eigenvalue weighted by molar-refractivity contribution is 5.89. The number of hydrogen-bond acceptors (Lipinski definition) is 3. The first-order valence-electron chi connectivity index (χ1n) is 9.01. The Labute approximate surface area is 139 Å². The van der Waals surface area contributed by atoms with Gasteiger partial charge in [-0.1, -0.05) is 64.7 Å². The van der Waals surface area contributed by atoms with E-state index < -0.39 is 0 Å². The van der Waals surface area contributed by atoms with E-state index in [-0.39, 0.29) is 11.5 Å². The quantitative estimate of drug-likeness (QED) is 0.446. The number of ether oxygens (including phenoxy) is 1. The van der Waals surface area contributed by atoms with Crippen molar-refractivity contribution in [1.29, 1.82) is 0 Å². The van der Waals surface area contributed by atoms with Crippen molar-refractivity contribution in [3.8, 4) is 0 Å². The molecule has 1 heterocycles. The Morgan fingerprint density at radius 1 is 1.00 bits per heavy atom. The largest absolute Gasteiger partial charge is 0.462 e. The minimum absolute atomic E-state index is 0.170. The number of aryl methyl sites for hydroxylation is 1. The van der Waals surface area contributed by atoms with Crippen LogP contribution >= 0.6 is 0 Å². The summed E-state index contributed by atoms with van der Waals surface area (Å²) in [7, 11) is 0. The van der Waals surface area contributed by atoms with Gasteiger partial charge in [0.25, 0.3) is 5.56 Å². The van der Waals surface area contributed by atoms with Gasteiger partial charge in [0, 0.05) is 11.8 Å². The highest BCUT2D eigenvalue weighted by Crippen LogP contribution is 2.10. The minimum atomic E-state index is -0.361. The van der Waals surface area contributed by atoms with E-state index in [0.717, 1.165) is 12.8 Å². The maximum absolute atomic E-state index is 11.8. The molecule has 0 amide bonds. The van der Waals surface area contributed by atoms with E-state index in [1.54, 1.807) is 13.0 Å². The Morgan fingerprint density at radius 3 is 2.13 bits per heavy atom. The van der Waals surface area contributed by atoms with Crippen LogP contribution in [0.2, 0.25) is 0 Å². The van der Waals surface area contributed by atoms with Crippen LogP contribution in [-0.2, 0) is 4.74 Å². The van der Waals surface area contributed by atoms with Gasteiger partial charge >= 0.3 is 5.97 Å². The van der Waals surface area contributed by atoms with Gasteiger partial charge < -0.3 is 9.72 Å². The summed E-state index contributed by atoms with van der Waals surface area (Å²) in [6, 6.07) is 1.57. The number of unbranched alkanes of at least 4 members (excludes halogenated alkanes) is 9. The van der Waals surface area contributed by atoms with E-state index in [4.69, 9.17) is 4.74 Å². The van der Waals surface area contributed by atoms with Crippen molar-refractivity contribution < 1.29 is 9.53 Å². The van der Waals surface area contributed by atoms with Crippen molar-refractivity contribution in [2.24, 2.45) is 0 Å². The lowest BCUT2D eigenvalue weighted by Gasteiger charge is -2.05. The van der Waals surface area contributed by atoms with Gasteiger partial charge in [0.1, 0.15) is 0 Å². The number of carbonyl (C=O) groups is 1. The molecule has 4 heteroatoms. The average Bonchev–Trinajstić information content (AvgIpc) is 2.55. The molecular formula is C19H31NO3. The van der Waals surface area contributed by atoms with Gasteiger partial charge in [-0.05, 0) is 19.4 Å². The number of aromatic nitrogens is 1. The fraction of sp³-hybridized carbons (Fsp3) is 0.684. The van der Waals surface area contributed by atoms with E-state index in [9.17, 15) is 9.59 Å². The molecule has 0 saturated heterocycles. The molecule has 0 aliphatic rings. The van der Waals surface area contributed by atoms with Crippen LogP contribution < -0.4 is 5.56 Å².